The number of carbonyl (C=O) groups excluding carboxylic acids is 1. The second kappa shape index (κ2) is 9.10. The smallest absolute Gasteiger partial charge is 0.120 e. The van der Waals surface area contributed by atoms with Crippen LogP contribution in [0.1, 0.15) is 32.9 Å². The minimum atomic E-state index is -1.19. The zero-order valence-corrected chi connectivity index (χ0v) is 17.7. The fourth-order valence-electron chi connectivity index (χ4n) is 3.86. The third kappa shape index (κ3) is 4.49. The summed E-state index contributed by atoms with van der Waals surface area (Å²) < 4.78 is 12.6. The van der Waals surface area contributed by atoms with Gasteiger partial charge in [-0.25, -0.2) is 0 Å². The van der Waals surface area contributed by atoms with Crippen molar-refractivity contribution in [3.05, 3.63) is 89.0 Å². The zero-order valence-electron chi connectivity index (χ0n) is 17.7. The molecule has 0 unspecified atom stereocenters. The topological polar surface area (TPSA) is 79.5 Å². The first-order valence-corrected chi connectivity index (χ1v) is 10.3. The molecule has 1 N–H and O–H groups in total. The second-order valence-corrected chi connectivity index (χ2v) is 7.58. The Morgan fingerprint density at radius 1 is 1.16 bits per heavy atom. The van der Waals surface area contributed by atoms with E-state index in [0.717, 1.165) is 34.2 Å². The first-order valence-electron chi connectivity index (χ1n) is 10.3. The Morgan fingerprint density at radius 3 is 2.65 bits per heavy atom. The summed E-state index contributed by atoms with van der Waals surface area (Å²) in [4.78, 5) is 12.2. The molecular weight excluding hydrogens is 392 g/mol. The van der Waals surface area contributed by atoms with Gasteiger partial charge in [0.15, 0.2) is 0 Å². The van der Waals surface area contributed by atoms with Crippen LogP contribution in [0.5, 0.6) is 5.75 Å². The molecule has 2 aromatic carbocycles. The van der Waals surface area contributed by atoms with Gasteiger partial charge in [-0.1, -0.05) is 29.8 Å². The molecule has 31 heavy (non-hydrogen) atoms. The van der Waals surface area contributed by atoms with Crippen LogP contribution in [0.25, 0.3) is 10.9 Å². The molecule has 6 heteroatoms. The lowest BCUT2D eigenvalue weighted by atomic mass is 10.1. The lowest BCUT2D eigenvalue weighted by Gasteiger charge is -2.14. The first kappa shape index (κ1) is 20.8. The van der Waals surface area contributed by atoms with E-state index in [9.17, 15) is 9.90 Å². The number of carbonyl (C=O) groups is 1. The summed E-state index contributed by atoms with van der Waals surface area (Å²) >= 11 is 0. The number of hydrogen-bond acceptors (Lipinski definition) is 5. The van der Waals surface area contributed by atoms with Crippen LogP contribution < -0.4 is 15.2 Å². The lowest BCUT2D eigenvalue weighted by Crippen LogP contribution is -2.28. The van der Waals surface area contributed by atoms with Crippen LogP contribution in [0.15, 0.2) is 65.3 Å². The van der Waals surface area contributed by atoms with Crippen molar-refractivity contribution in [3.63, 3.8) is 0 Å². The van der Waals surface area contributed by atoms with E-state index in [0.29, 0.717) is 30.9 Å². The van der Waals surface area contributed by atoms with Gasteiger partial charge in [-0.05, 0) is 36.8 Å². The highest BCUT2D eigenvalue weighted by molar-refractivity contribution is 5.98. The van der Waals surface area contributed by atoms with Crippen molar-refractivity contribution in [2.24, 2.45) is 0 Å². The van der Waals surface area contributed by atoms with Gasteiger partial charge >= 0.3 is 0 Å². The maximum atomic E-state index is 12.2. The fraction of sp³-hybridized carbons (Fsp3) is 0.240. The number of ether oxygens (including phenoxy) is 1. The Labute approximate surface area is 181 Å². The van der Waals surface area contributed by atoms with Crippen LogP contribution in [-0.4, -0.2) is 24.2 Å². The summed E-state index contributed by atoms with van der Waals surface area (Å²) in [6.07, 6.45) is 2.37. The largest absolute Gasteiger partial charge is 0.543 e. The van der Waals surface area contributed by atoms with Gasteiger partial charge in [0.2, 0.25) is 0 Å². The highest BCUT2D eigenvalue weighted by atomic mass is 16.5. The Hall–Kier alpha value is -3.51. The first-order chi connectivity index (χ1) is 15.1. The molecule has 4 rings (SSSR count). The quantitative estimate of drug-likeness (QED) is 0.423. The molecule has 0 aliphatic heterocycles. The second-order valence-electron chi connectivity index (χ2n) is 7.58. The Bertz CT molecular complexity index is 1170. The van der Waals surface area contributed by atoms with Crippen LogP contribution in [0.4, 0.5) is 0 Å². The van der Waals surface area contributed by atoms with E-state index in [1.54, 1.807) is 17.9 Å². The number of furan rings is 1. The van der Waals surface area contributed by atoms with Gasteiger partial charge in [-0.3, -0.25) is 0 Å². The van der Waals surface area contributed by atoms with Crippen molar-refractivity contribution in [1.82, 2.24) is 9.88 Å². The normalized spacial score (nSPS) is 11.2. The average Bonchev–Trinajstić information content (AvgIpc) is 3.39. The molecule has 0 aliphatic rings. The predicted molar refractivity (Wildman–Crippen MR) is 117 cm³/mol. The van der Waals surface area contributed by atoms with E-state index in [2.05, 4.69) is 5.32 Å². The van der Waals surface area contributed by atoms with Gasteiger partial charge in [-0.15, -0.1) is 0 Å². The van der Waals surface area contributed by atoms with Gasteiger partial charge in [0.25, 0.3) is 0 Å². The van der Waals surface area contributed by atoms with E-state index in [1.165, 1.54) is 0 Å². The molecule has 2 heterocycles. The van der Waals surface area contributed by atoms with Crippen LogP contribution in [0.3, 0.4) is 0 Å². The van der Waals surface area contributed by atoms with Crippen molar-refractivity contribution < 1.29 is 19.1 Å². The number of aryl methyl sites for hydroxylation is 1. The molecule has 0 spiro atoms. The van der Waals surface area contributed by atoms with Crippen LogP contribution in [-0.2, 0) is 19.5 Å². The Kier molecular flexibility index (Phi) is 6.09. The summed E-state index contributed by atoms with van der Waals surface area (Å²) in [6, 6.07) is 17.5. The molecule has 6 nitrogen and oxygen atoms in total. The van der Waals surface area contributed by atoms with Gasteiger partial charge in [0.05, 0.1) is 30.6 Å². The number of rotatable bonds is 9. The number of carboxylic acids is 1. The lowest BCUT2D eigenvalue weighted by molar-refractivity contribution is -0.255. The molecule has 0 radical (unpaired) electrons. The van der Waals surface area contributed by atoms with Gasteiger partial charge in [0, 0.05) is 43.1 Å². The van der Waals surface area contributed by atoms with Crippen LogP contribution >= 0.6 is 0 Å². The third-order valence-electron chi connectivity index (χ3n) is 5.46. The number of benzene rings is 2. The molecule has 0 atom stereocenters. The molecule has 0 saturated heterocycles. The van der Waals surface area contributed by atoms with Crippen molar-refractivity contribution in [2.45, 2.75) is 26.4 Å². The van der Waals surface area contributed by atoms with Crippen molar-refractivity contribution >= 4 is 16.9 Å². The Morgan fingerprint density at radius 2 is 1.97 bits per heavy atom. The maximum absolute atomic E-state index is 12.2. The molecule has 0 bridgehead atoms. The highest BCUT2D eigenvalue weighted by Gasteiger charge is 2.19. The van der Waals surface area contributed by atoms with E-state index in [1.807, 2.05) is 61.5 Å². The monoisotopic (exact) mass is 417 g/mol. The van der Waals surface area contributed by atoms with Crippen LogP contribution in [0, 0.1) is 6.92 Å². The summed E-state index contributed by atoms with van der Waals surface area (Å²) in [5.41, 5.74) is 3.88. The maximum Gasteiger partial charge on any atom is 0.120 e. The SMILES string of the molecule is COc1ccc2c(CNCCc3ccco3)c(C(=O)[O-])n(Cc3ccc(C)cc3)c2c1. The number of carboxylic acid groups (broad SMARTS) is 1. The number of aromatic carboxylic acids is 1. The molecule has 0 amide bonds. The van der Waals surface area contributed by atoms with Crippen molar-refractivity contribution in [2.75, 3.05) is 13.7 Å². The minimum Gasteiger partial charge on any atom is -0.543 e. The molecule has 0 fully saturated rings. The van der Waals surface area contributed by atoms with E-state index in [-0.39, 0.29) is 5.69 Å². The summed E-state index contributed by atoms with van der Waals surface area (Å²) in [5.74, 6) is 0.377. The average molecular weight is 417 g/mol. The van der Waals surface area contributed by atoms with Crippen molar-refractivity contribution in [1.29, 1.82) is 0 Å². The van der Waals surface area contributed by atoms with Gasteiger partial charge < -0.3 is 28.9 Å². The van der Waals surface area contributed by atoms with E-state index in [4.69, 9.17) is 9.15 Å². The van der Waals surface area contributed by atoms with Crippen LogP contribution in [0.2, 0.25) is 0 Å². The fourth-order valence-corrected chi connectivity index (χ4v) is 3.86. The summed E-state index contributed by atoms with van der Waals surface area (Å²) in [6.45, 7) is 3.53. The third-order valence-corrected chi connectivity index (χ3v) is 5.46. The minimum absolute atomic E-state index is 0.189. The number of nitrogens with zero attached hydrogens (tertiary/aromatic N) is 1. The number of fused-ring (bicyclic) bond motifs is 1. The standard InChI is InChI=1S/C25H26N2O4/c1-17-5-7-18(8-6-17)16-27-23-14-20(30-2)9-10-21(23)22(24(27)25(28)29)15-26-12-11-19-4-3-13-31-19/h3-10,13-14,26H,11-12,15-16H2,1-2H3,(H,28,29)/p-1. The Balaban J connectivity index is 1.70. The van der Waals surface area contributed by atoms with Gasteiger partial charge in [0.1, 0.15) is 11.5 Å². The molecule has 160 valence electrons. The highest BCUT2D eigenvalue weighted by Crippen LogP contribution is 2.30. The summed E-state index contributed by atoms with van der Waals surface area (Å²) in [7, 11) is 1.60. The van der Waals surface area contributed by atoms with Gasteiger partial charge in [-0.2, -0.15) is 0 Å². The van der Waals surface area contributed by atoms with E-state index >= 15 is 0 Å². The van der Waals surface area contributed by atoms with E-state index < -0.39 is 5.97 Å². The molecule has 2 aromatic heterocycles. The number of aromatic nitrogens is 1. The molecular formula is C25H25N2O4-. The predicted octanol–water partition coefficient (Wildman–Crippen LogP) is 3.30. The number of hydrogen-bond donors (Lipinski definition) is 1. The molecule has 0 saturated carbocycles. The summed E-state index contributed by atoms with van der Waals surface area (Å²) in [5, 5.41) is 16.4. The number of nitrogens with one attached hydrogen (secondary N) is 1. The van der Waals surface area contributed by atoms with Crippen molar-refractivity contribution in [3.8, 4) is 5.75 Å². The molecule has 0 aliphatic carbocycles. The molecule has 4 aromatic rings. The number of methoxy groups -OCH3 is 1. The zero-order chi connectivity index (χ0) is 21.8.